The fourth-order valence-electron chi connectivity index (χ4n) is 2.61. The first-order valence-electron chi connectivity index (χ1n) is 8.76. The molecule has 0 aliphatic rings. The van der Waals surface area contributed by atoms with Crippen LogP contribution in [-0.4, -0.2) is 33.3 Å². The van der Waals surface area contributed by atoms with Gasteiger partial charge in [0.25, 0.3) is 0 Å². The summed E-state index contributed by atoms with van der Waals surface area (Å²) in [7, 11) is 4.78. The molecule has 0 saturated carbocycles. The Morgan fingerprint density at radius 3 is 2.12 bits per heavy atom. The lowest BCUT2D eigenvalue weighted by Gasteiger charge is -2.16. The molecule has 3 N–H and O–H groups in total. The summed E-state index contributed by atoms with van der Waals surface area (Å²) in [5, 5.41) is 3.24. The maximum Gasteiger partial charge on any atom is 0.203 e. The van der Waals surface area contributed by atoms with Gasteiger partial charge in [0.15, 0.2) is 17.5 Å². The van der Waals surface area contributed by atoms with Gasteiger partial charge in [0.05, 0.1) is 27.9 Å². The second-order valence-corrected chi connectivity index (χ2v) is 6.61. The van der Waals surface area contributed by atoms with E-state index < -0.39 is 0 Å². The van der Waals surface area contributed by atoms with Crippen molar-refractivity contribution < 1.29 is 14.2 Å². The first-order chi connectivity index (χ1) is 11.9. The largest absolute Gasteiger partial charge is 0.493 e. The summed E-state index contributed by atoms with van der Waals surface area (Å²) in [5.41, 5.74) is 6.94. The van der Waals surface area contributed by atoms with Crippen LogP contribution < -0.4 is 25.3 Å². The van der Waals surface area contributed by atoms with Gasteiger partial charge in [-0.05, 0) is 37.0 Å². The summed E-state index contributed by atoms with van der Waals surface area (Å²) in [6.45, 7) is 7.05. The number of methoxy groups -OCH3 is 3. The van der Waals surface area contributed by atoms with Crippen molar-refractivity contribution in [3.8, 4) is 17.2 Å². The van der Waals surface area contributed by atoms with Gasteiger partial charge in [0.1, 0.15) is 0 Å². The smallest absolute Gasteiger partial charge is 0.203 e. The summed E-state index contributed by atoms with van der Waals surface area (Å²) in [6, 6.07) is 4.07. The Balaban J connectivity index is 2.67. The minimum absolute atomic E-state index is 0.308. The third kappa shape index (κ3) is 7.11. The van der Waals surface area contributed by atoms with Crippen molar-refractivity contribution in [2.75, 3.05) is 21.3 Å². The fourth-order valence-corrected chi connectivity index (χ4v) is 2.61. The van der Waals surface area contributed by atoms with E-state index in [9.17, 15) is 0 Å². The molecule has 1 aromatic rings. The number of hydrogen-bond acceptors (Lipinski definition) is 4. The van der Waals surface area contributed by atoms with E-state index in [1.165, 1.54) is 12.8 Å². The first-order valence-corrected chi connectivity index (χ1v) is 8.76. The molecule has 0 bridgehead atoms. The highest BCUT2D eigenvalue weighted by molar-refractivity contribution is 5.78. The molecule has 0 radical (unpaired) electrons. The minimum atomic E-state index is 0.308. The highest BCUT2D eigenvalue weighted by atomic mass is 16.5. The standard InChI is InChI=1S/C19H33N3O3/c1-13(2)8-7-9-14(3)22-19(20)21-12-15-10-16(23-4)18(25-6)17(11-15)24-5/h10-11,13-14H,7-9,12H2,1-6H3,(H3,20,21,22). The van der Waals surface area contributed by atoms with Gasteiger partial charge in [-0.2, -0.15) is 0 Å². The van der Waals surface area contributed by atoms with E-state index in [4.69, 9.17) is 19.9 Å². The average Bonchev–Trinajstić information content (AvgIpc) is 2.58. The summed E-state index contributed by atoms with van der Waals surface area (Å²) in [5.74, 6) is 2.98. The van der Waals surface area contributed by atoms with Gasteiger partial charge < -0.3 is 25.3 Å². The lowest BCUT2D eigenvalue weighted by Crippen LogP contribution is -2.38. The Kier molecular flexibility index (Phi) is 8.95. The van der Waals surface area contributed by atoms with Crippen molar-refractivity contribution in [1.29, 1.82) is 0 Å². The molecule has 142 valence electrons. The van der Waals surface area contributed by atoms with Gasteiger partial charge in [-0.3, -0.25) is 0 Å². The molecule has 0 heterocycles. The van der Waals surface area contributed by atoms with Crippen molar-refractivity contribution in [2.45, 2.75) is 52.6 Å². The molecule has 0 aliphatic carbocycles. The molecule has 1 aromatic carbocycles. The normalized spacial score (nSPS) is 12.8. The second kappa shape index (κ2) is 10.7. The number of nitrogens with one attached hydrogen (secondary N) is 1. The number of aliphatic imine (C=N–C) groups is 1. The SMILES string of the molecule is COc1cc(CN=C(N)NC(C)CCCC(C)C)cc(OC)c1OC. The molecule has 0 saturated heterocycles. The molecule has 0 aliphatic heterocycles. The molecule has 0 aromatic heterocycles. The molecule has 0 amide bonds. The van der Waals surface area contributed by atoms with E-state index in [2.05, 4.69) is 31.1 Å². The zero-order chi connectivity index (χ0) is 18.8. The van der Waals surface area contributed by atoms with Crippen LogP contribution in [0.15, 0.2) is 17.1 Å². The molecular formula is C19H33N3O3. The topological polar surface area (TPSA) is 78.1 Å². The Labute approximate surface area is 151 Å². The third-order valence-electron chi connectivity index (χ3n) is 3.97. The second-order valence-electron chi connectivity index (χ2n) is 6.61. The van der Waals surface area contributed by atoms with Crippen LogP contribution in [0.2, 0.25) is 0 Å². The van der Waals surface area contributed by atoms with E-state index in [1.807, 2.05) is 12.1 Å². The van der Waals surface area contributed by atoms with E-state index in [0.717, 1.165) is 17.9 Å². The summed E-state index contributed by atoms with van der Waals surface area (Å²) in [4.78, 5) is 4.42. The van der Waals surface area contributed by atoms with Crippen LogP contribution in [0.4, 0.5) is 0 Å². The average molecular weight is 351 g/mol. The molecule has 0 fully saturated rings. The van der Waals surface area contributed by atoms with Gasteiger partial charge in [-0.15, -0.1) is 0 Å². The molecular weight excluding hydrogens is 318 g/mol. The van der Waals surface area contributed by atoms with Crippen LogP contribution in [0, 0.1) is 5.92 Å². The van der Waals surface area contributed by atoms with E-state index >= 15 is 0 Å². The van der Waals surface area contributed by atoms with Crippen molar-refractivity contribution in [1.82, 2.24) is 5.32 Å². The molecule has 6 nitrogen and oxygen atoms in total. The third-order valence-corrected chi connectivity index (χ3v) is 3.97. The summed E-state index contributed by atoms with van der Waals surface area (Å²) < 4.78 is 16.0. The maximum absolute atomic E-state index is 6.00. The molecule has 25 heavy (non-hydrogen) atoms. The number of rotatable bonds is 10. The van der Waals surface area contributed by atoms with Gasteiger partial charge in [-0.1, -0.05) is 26.7 Å². The molecule has 0 spiro atoms. The van der Waals surface area contributed by atoms with E-state index in [1.54, 1.807) is 21.3 Å². The highest BCUT2D eigenvalue weighted by Crippen LogP contribution is 2.38. The molecule has 6 heteroatoms. The summed E-state index contributed by atoms with van der Waals surface area (Å²) >= 11 is 0. The van der Waals surface area contributed by atoms with Gasteiger partial charge >= 0.3 is 0 Å². The zero-order valence-corrected chi connectivity index (χ0v) is 16.4. The van der Waals surface area contributed by atoms with Gasteiger partial charge in [0.2, 0.25) is 5.75 Å². The highest BCUT2D eigenvalue weighted by Gasteiger charge is 2.13. The first kappa shape index (κ1) is 20.9. The number of guanidine groups is 1. The predicted molar refractivity (Wildman–Crippen MR) is 103 cm³/mol. The zero-order valence-electron chi connectivity index (χ0n) is 16.4. The Morgan fingerprint density at radius 2 is 1.64 bits per heavy atom. The molecule has 1 rings (SSSR count). The Bertz CT molecular complexity index is 534. The number of nitrogens with zero attached hydrogens (tertiary/aromatic N) is 1. The lowest BCUT2D eigenvalue weighted by molar-refractivity contribution is 0.324. The van der Waals surface area contributed by atoms with Crippen molar-refractivity contribution >= 4 is 5.96 Å². The number of benzene rings is 1. The quantitative estimate of drug-likeness (QED) is 0.499. The van der Waals surface area contributed by atoms with E-state index in [0.29, 0.717) is 35.8 Å². The van der Waals surface area contributed by atoms with Crippen LogP contribution in [0.25, 0.3) is 0 Å². The van der Waals surface area contributed by atoms with Gasteiger partial charge in [-0.25, -0.2) is 4.99 Å². The Hall–Kier alpha value is -2.11. The minimum Gasteiger partial charge on any atom is -0.493 e. The molecule has 1 atom stereocenters. The van der Waals surface area contributed by atoms with Crippen molar-refractivity contribution in [3.05, 3.63) is 17.7 Å². The molecule has 1 unspecified atom stereocenters. The maximum atomic E-state index is 6.00. The lowest BCUT2D eigenvalue weighted by atomic mass is 10.0. The van der Waals surface area contributed by atoms with Crippen molar-refractivity contribution in [2.24, 2.45) is 16.6 Å². The fraction of sp³-hybridized carbons (Fsp3) is 0.632. The van der Waals surface area contributed by atoms with Crippen molar-refractivity contribution in [3.63, 3.8) is 0 Å². The van der Waals surface area contributed by atoms with Crippen LogP contribution in [-0.2, 0) is 6.54 Å². The van der Waals surface area contributed by atoms with Gasteiger partial charge in [0, 0.05) is 6.04 Å². The van der Waals surface area contributed by atoms with Crippen LogP contribution in [0.3, 0.4) is 0 Å². The predicted octanol–water partition coefficient (Wildman–Crippen LogP) is 3.33. The monoisotopic (exact) mass is 351 g/mol. The number of ether oxygens (including phenoxy) is 3. The Morgan fingerprint density at radius 1 is 1.04 bits per heavy atom. The van der Waals surface area contributed by atoms with E-state index in [-0.39, 0.29) is 0 Å². The van der Waals surface area contributed by atoms with Crippen LogP contribution in [0.1, 0.15) is 45.6 Å². The number of hydrogen-bond donors (Lipinski definition) is 2. The van der Waals surface area contributed by atoms with Crippen LogP contribution >= 0.6 is 0 Å². The number of nitrogens with two attached hydrogens (primary N) is 1. The summed E-state index contributed by atoms with van der Waals surface area (Å²) in [6.07, 6.45) is 3.50. The van der Waals surface area contributed by atoms with Crippen LogP contribution in [0.5, 0.6) is 17.2 Å².